The van der Waals surface area contributed by atoms with Gasteiger partial charge in [-0.3, -0.25) is 4.79 Å². The van der Waals surface area contributed by atoms with Gasteiger partial charge in [0, 0.05) is 30.3 Å². The number of aromatic amines is 1. The smallest absolute Gasteiger partial charge is 0.229 e. The van der Waals surface area contributed by atoms with Crippen LogP contribution in [-0.2, 0) is 11.2 Å². The second-order valence-electron chi connectivity index (χ2n) is 9.33. The topological polar surface area (TPSA) is 113 Å². The van der Waals surface area contributed by atoms with Gasteiger partial charge in [-0.05, 0) is 48.1 Å². The molecule has 1 amide bonds. The van der Waals surface area contributed by atoms with Crippen molar-refractivity contribution in [2.75, 3.05) is 23.3 Å². The molecule has 2 aromatic carbocycles. The number of carbonyl (C=O) groups is 1. The molecule has 0 bridgehead atoms. The van der Waals surface area contributed by atoms with Crippen molar-refractivity contribution in [2.24, 2.45) is 5.92 Å². The Kier molecular flexibility index (Phi) is 6.97. The molecule has 1 saturated carbocycles. The van der Waals surface area contributed by atoms with Crippen LogP contribution in [0.1, 0.15) is 37.3 Å². The van der Waals surface area contributed by atoms with Gasteiger partial charge in [0.1, 0.15) is 5.82 Å². The number of carbonyl (C=O) groups excluding carboxylic acids is 1. The van der Waals surface area contributed by atoms with Crippen LogP contribution in [0.3, 0.4) is 0 Å². The number of nitrogens with one attached hydrogen (secondary N) is 2. The van der Waals surface area contributed by atoms with Crippen LogP contribution in [0, 0.1) is 12.8 Å². The van der Waals surface area contributed by atoms with E-state index in [2.05, 4.69) is 37.8 Å². The van der Waals surface area contributed by atoms with Crippen molar-refractivity contribution in [1.82, 2.24) is 30.6 Å². The molecule has 1 aliphatic carbocycles. The van der Waals surface area contributed by atoms with Crippen LogP contribution < -0.4 is 10.2 Å². The zero-order valence-electron chi connectivity index (χ0n) is 20.6. The Morgan fingerprint density at radius 2 is 1.86 bits per heavy atom. The first kappa shape index (κ1) is 23.6. The van der Waals surface area contributed by atoms with Gasteiger partial charge in [0.25, 0.3) is 0 Å². The van der Waals surface area contributed by atoms with Crippen molar-refractivity contribution in [1.29, 1.82) is 0 Å². The lowest BCUT2D eigenvalue weighted by Gasteiger charge is -2.23. The molecule has 0 aliphatic heterocycles. The van der Waals surface area contributed by atoms with E-state index in [9.17, 15) is 4.79 Å². The maximum Gasteiger partial charge on any atom is 0.229 e. The average molecular weight is 483 g/mol. The van der Waals surface area contributed by atoms with Crippen LogP contribution in [0.15, 0.2) is 54.6 Å². The molecular weight excluding hydrogens is 452 g/mol. The van der Waals surface area contributed by atoms with E-state index in [-0.39, 0.29) is 12.3 Å². The number of anilines is 2. The summed E-state index contributed by atoms with van der Waals surface area (Å²) >= 11 is 0. The van der Waals surface area contributed by atoms with Crippen molar-refractivity contribution < 1.29 is 4.79 Å². The first-order valence-corrected chi connectivity index (χ1v) is 12.4. The SMILES string of the molecule is CCCN(CC1CC1)c1nc(NC(=O)Cc2ccc(C)cc2)cc(-c2ccccc2-c2nnn[nH]2)n1. The normalized spacial score (nSPS) is 12.9. The molecular formula is C27H30N8O. The minimum absolute atomic E-state index is 0.119. The van der Waals surface area contributed by atoms with Crippen LogP contribution in [0.2, 0.25) is 0 Å². The molecule has 0 atom stereocenters. The van der Waals surface area contributed by atoms with Gasteiger partial charge in [0.05, 0.1) is 12.1 Å². The molecule has 4 aromatic rings. The molecule has 1 fully saturated rings. The van der Waals surface area contributed by atoms with Crippen LogP contribution in [0.4, 0.5) is 11.8 Å². The number of amides is 1. The molecule has 2 heterocycles. The maximum atomic E-state index is 12.9. The number of hydrogen-bond donors (Lipinski definition) is 2. The van der Waals surface area contributed by atoms with E-state index < -0.39 is 0 Å². The molecule has 0 radical (unpaired) electrons. The molecule has 0 unspecified atom stereocenters. The highest BCUT2D eigenvalue weighted by Crippen LogP contribution is 2.33. The monoisotopic (exact) mass is 482 g/mol. The molecule has 5 rings (SSSR count). The van der Waals surface area contributed by atoms with E-state index in [0.717, 1.165) is 41.8 Å². The predicted octanol–water partition coefficient (Wildman–Crippen LogP) is 4.44. The minimum atomic E-state index is -0.119. The third-order valence-corrected chi connectivity index (χ3v) is 6.22. The predicted molar refractivity (Wildman–Crippen MR) is 139 cm³/mol. The standard InChI is InChI=1S/C27H30N8O/c1-3-14-35(17-20-12-13-20)27-28-23(21-6-4-5-7-22(21)26-31-33-34-32-26)16-24(30-27)29-25(36)15-19-10-8-18(2)9-11-19/h4-11,16,20H,3,12-15,17H2,1-2H3,(H,28,29,30,36)(H,31,32,33,34). The summed E-state index contributed by atoms with van der Waals surface area (Å²) in [6.07, 6.45) is 3.73. The van der Waals surface area contributed by atoms with Gasteiger partial charge in [0.2, 0.25) is 11.9 Å². The fourth-order valence-corrected chi connectivity index (χ4v) is 4.20. The highest BCUT2D eigenvalue weighted by Gasteiger charge is 2.26. The van der Waals surface area contributed by atoms with E-state index in [4.69, 9.17) is 9.97 Å². The number of hydrogen-bond acceptors (Lipinski definition) is 7. The summed E-state index contributed by atoms with van der Waals surface area (Å²) in [5, 5.41) is 17.4. The van der Waals surface area contributed by atoms with E-state index in [0.29, 0.717) is 29.2 Å². The quantitative estimate of drug-likeness (QED) is 0.344. The Hall–Kier alpha value is -4.14. The van der Waals surface area contributed by atoms with Gasteiger partial charge in [-0.2, -0.15) is 4.98 Å². The number of H-pyrrole nitrogens is 1. The molecule has 2 aromatic heterocycles. The second-order valence-corrected chi connectivity index (χ2v) is 9.33. The fourth-order valence-electron chi connectivity index (χ4n) is 4.20. The first-order valence-electron chi connectivity index (χ1n) is 12.4. The molecule has 2 N–H and O–H groups in total. The number of tetrazole rings is 1. The molecule has 184 valence electrons. The van der Waals surface area contributed by atoms with Gasteiger partial charge in [-0.1, -0.05) is 61.0 Å². The number of rotatable bonds is 10. The molecule has 0 saturated heterocycles. The summed E-state index contributed by atoms with van der Waals surface area (Å²) in [7, 11) is 0. The summed E-state index contributed by atoms with van der Waals surface area (Å²) in [4.78, 5) is 24.9. The van der Waals surface area contributed by atoms with Gasteiger partial charge >= 0.3 is 0 Å². The summed E-state index contributed by atoms with van der Waals surface area (Å²) in [5.41, 5.74) is 4.51. The first-order chi connectivity index (χ1) is 17.6. The molecule has 9 heteroatoms. The zero-order valence-corrected chi connectivity index (χ0v) is 20.6. The van der Waals surface area contributed by atoms with Crippen molar-refractivity contribution >= 4 is 17.7 Å². The Balaban J connectivity index is 1.50. The van der Waals surface area contributed by atoms with Crippen LogP contribution in [0.25, 0.3) is 22.6 Å². The Bertz CT molecular complexity index is 1320. The maximum absolute atomic E-state index is 12.9. The van der Waals surface area contributed by atoms with E-state index in [1.165, 1.54) is 12.8 Å². The highest BCUT2D eigenvalue weighted by molar-refractivity contribution is 5.92. The molecule has 0 spiro atoms. The van der Waals surface area contributed by atoms with Crippen molar-refractivity contribution in [2.45, 2.75) is 39.5 Å². The molecule has 1 aliphatic rings. The average Bonchev–Trinajstić information content (AvgIpc) is 3.53. The molecule has 9 nitrogen and oxygen atoms in total. The van der Waals surface area contributed by atoms with Gasteiger partial charge in [-0.15, -0.1) is 5.10 Å². The zero-order chi connectivity index (χ0) is 24.9. The van der Waals surface area contributed by atoms with E-state index in [1.807, 2.05) is 61.5 Å². The minimum Gasteiger partial charge on any atom is -0.340 e. The lowest BCUT2D eigenvalue weighted by molar-refractivity contribution is -0.115. The number of aromatic nitrogens is 6. The largest absolute Gasteiger partial charge is 0.340 e. The Morgan fingerprint density at radius 1 is 1.08 bits per heavy atom. The van der Waals surface area contributed by atoms with Crippen LogP contribution in [0.5, 0.6) is 0 Å². The van der Waals surface area contributed by atoms with Gasteiger partial charge < -0.3 is 10.2 Å². The van der Waals surface area contributed by atoms with E-state index in [1.54, 1.807) is 0 Å². The number of benzene rings is 2. The van der Waals surface area contributed by atoms with Crippen molar-refractivity contribution in [3.63, 3.8) is 0 Å². The second kappa shape index (κ2) is 10.6. The lowest BCUT2D eigenvalue weighted by atomic mass is 10.0. The summed E-state index contributed by atoms with van der Waals surface area (Å²) in [6.45, 7) is 5.95. The number of nitrogens with zero attached hydrogens (tertiary/aromatic N) is 6. The van der Waals surface area contributed by atoms with Gasteiger partial charge in [-0.25, -0.2) is 10.1 Å². The number of aryl methyl sites for hydroxylation is 1. The third kappa shape index (κ3) is 5.73. The highest BCUT2D eigenvalue weighted by atomic mass is 16.1. The Labute approximate surface area is 210 Å². The van der Waals surface area contributed by atoms with Gasteiger partial charge in [0.15, 0.2) is 5.82 Å². The molecule has 36 heavy (non-hydrogen) atoms. The summed E-state index contributed by atoms with van der Waals surface area (Å²) in [5.74, 6) is 2.22. The lowest BCUT2D eigenvalue weighted by Crippen LogP contribution is -2.29. The summed E-state index contributed by atoms with van der Waals surface area (Å²) < 4.78 is 0. The Morgan fingerprint density at radius 3 is 2.56 bits per heavy atom. The summed E-state index contributed by atoms with van der Waals surface area (Å²) in [6, 6.07) is 17.6. The van der Waals surface area contributed by atoms with Crippen LogP contribution in [-0.4, -0.2) is 49.6 Å². The van der Waals surface area contributed by atoms with Crippen molar-refractivity contribution in [3.8, 4) is 22.6 Å². The van der Waals surface area contributed by atoms with E-state index >= 15 is 0 Å². The van der Waals surface area contributed by atoms with Crippen molar-refractivity contribution in [3.05, 3.63) is 65.7 Å². The van der Waals surface area contributed by atoms with Crippen LogP contribution >= 0.6 is 0 Å². The third-order valence-electron chi connectivity index (χ3n) is 6.22. The fraction of sp³-hybridized carbons (Fsp3) is 0.333.